The summed E-state index contributed by atoms with van der Waals surface area (Å²) < 4.78 is 50.2. The van der Waals surface area contributed by atoms with Crippen LogP contribution >= 0.6 is 0 Å². The zero-order valence-corrected chi connectivity index (χ0v) is 8.64. The van der Waals surface area contributed by atoms with Crippen LogP contribution < -0.4 is 5.32 Å². The van der Waals surface area contributed by atoms with E-state index in [1.54, 1.807) is 0 Å². The average molecular weight is 247 g/mol. The van der Waals surface area contributed by atoms with Gasteiger partial charge >= 0.3 is 6.18 Å². The highest BCUT2D eigenvalue weighted by Gasteiger charge is 2.34. The van der Waals surface area contributed by atoms with E-state index in [2.05, 4.69) is 5.32 Å². The second-order valence-corrected chi connectivity index (χ2v) is 3.94. The lowest BCUT2D eigenvalue weighted by Crippen LogP contribution is -2.13. The van der Waals surface area contributed by atoms with E-state index in [1.807, 2.05) is 0 Å². The lowest BCUT2D eigenvalue weighted by atomic mass is 9.97. The summed E-state index contributed by atoms with van der Waals surface area (Å²) in [7, 11) is 0. The van der Waals surface area contributed by atoms with Crippen LogP contribution in [0.2, 0.25) is 0 Å². The molecular weight excluding hydrogens is 238 g/mol. The molecule has 2 rings (SSSR count). The monoisotopic (exact) mass is 247 g/mol. The number of carbonyl (C=O) groups is 1. The van der Waals surface area contributed by atoms with Crippen molar-refractivity contribution in [2.45, 2.75) is 18.5 Å². The van der Waals surface area contributed by atoms with Crippen LogP contribution in [0.1, 0.15) is 23.5 Å². The van der Waals surface area contributed by atoms with Gasteiger partial charge in [0.2, 0.25) is 5.91 Å². The number of alkyl halides is 3. The summed E-state index contributed by atoms with van der Waals surface area (Å²) in [6.45, 7) is 0.337. The van der Waals surface area contributed by atoms with E-state index >= 15 is 0 Å². The second kappa shape index (κ2) is 4.01. The van der Waals surface area contributed by atoms with Crippen LogP contribution in [0, 0.1) is 5.82 Å². The smallest absolute Gasteiger partial charge is 0.355 e. The van der Waals surface area contributed by atoms with Gasteiger partial charge in [-0.3, -0.25) is 4.79 Å². The molecule has 17 heavy (non-hydrogen) atoms. The molecule has 0 spiro atoms. The first kappa shape index (κ1) is 11.9. The summed E-state index contributed by atoms with van der Waals surface area (Å²) in [5, 5.41) is 2.55. The summed E-state index contributed by atoms with van der Waals surface area (Å²) in [4.78, 5) is 11.0. The molecule has 2 nitrogen and oxygen atoms in total. The molecule has 1 aliphatic rings. The fraction of sp³-hybridized carbons (Fsp3) is 0.364. The topological polar surface area (TPSA) is 29.1 Å². The molecule has 1 atom stereocenters. The molecule has 1 aromatic carbocycles. The summed E-state index contributed by atoms with van der Waals surface area (Å²) >= 11 is 0. The van der Waals surface area contributed by atoms with Crippen molar-refractivity contribution >= 4 is 5.91 Å². The Morgan fingerprint density at radius 2 is 2.00 bits per heavy atom. The summed E-state index contributed by atoms with van der Waals surface area (Å²) in [5.74, 6) is -1.72. The average Bonchev–Trinajstić information content (AvgIpc) is 2.62. The van der Waals surface area contributed by atoms with Crippen molar-refractivity contribution in [2.24, 2.45) is 0 Å². The molecule has 0 aromatic heterocycles. The zero-order chi connectivity index (χ0) is 12.6. The van der Waals surface area contributed by atoms with Crippen LogP contribution in [0.15, 0.2) is 18.2 Å². The van der Waals surface area contributed by atoms with Gasteiger partial charge in [-0.25, -0.2) is 4.39 Å². The first-order chi connectivity index (χ1) is 7.88. The Bertz CT molecular complexity index is 455. The van der Waals surface area contributed by atoms with E-state index in [9.17, 15) is 22.4 Å². The molecule has 0 saturated carbocycles. The normalized spacial score (nSPS) is 20.5. The van der Waals surface area contributed by atoms with Crippen molar-refractivity contribution in [1.82, 2.24) is 5.32 Å². The molecule has 0 bridgehead atoms. The molecule has 1 aliphatic heterocycles. The van der Waals surface area contributed by atoms with Gasteiger partial charge in [-0.05, 0) is 17.7 Å². The van der Waals surface area contributed by atoms with Gasteiger partial charge in [0.1, 0.15) is 5.82 Å². The lowest BCUT2D eigenvalue weighted by molar-refractivity contribution is -0.140. The van der Waals surface area contributed by atoms with Crippen LogP contribution in [0.3, 0.4) is 0 Å². The van der Waals surface area contributed by atoms with Crippen molar-refractivity contribution in [1.29, 1.82) is 0 Å². The highest BCUT2D eigenvalue weighted by atomic mass is 19.4. The molecular formula is C11H9F4NO. The fourth-order valence-corrected chi connectivity index (χ4v) is 1.86. The van der Waals surface area contributed by atoms with E-state index in [1.165, 1.54) is 6.07 Å². The molecule has 6 heteroatoms. The number of rotatable bonds is 1. The minimum atomic E-state index is -4.69. The molecule has 1 fully saturated rings. The largest absolute Gasteiger partial charge is 0.419 e. The minimum Gasteiger partial charge on any atom is -0.355 e. The Morgan fingerprint density at radius 3 is 2.47 bits per heavy atom. The number of carbonyl (C=O) groups excluding carboxylic acids is 1. The molecule has 92 valence electrons. The van der Waals surface area contributed by atoms with E-state index in [-0.39, 0.29) is 18.2 Å². The van der Waals surface area contributed by atoms with Crippen LogP contribution in [-0.2, 0) is 11.0 Å². The van der Waals surface area contributed by atoms with Crippen molar-refractivity contribution in [2.75, 3.05) is 6.54 Å². The second-order valence-electron chi connectivity index (χ2n) is 3.94. The van der Waals surface area contributed by atoms with Crippen LogP contribution in [0.25, 0.3) is 0 Å². The molecule has 1 heterocycles. The SMILES string of the molecule is O=C1CC(c2ccc(C(F)(F)F)c(F)c2)CN1. The molecule has 1 aromatic rings. The quantitative estimate of drug-likeness (QED) is 0.759. The van der Waals surface area contributed by atoms with Crippen LogP contribution in [0.4, 0.5) is 17.6 Å². The Kier molecular flexibility index (Phi) is 2.81. The maximum absolute atomic E-state index is 13.3. The molecule has 1 N–H and O–H groups in total. The number of halogens is 4. The zero-order valence-electron chi connectivity index (χ0n) is 8.64. The Balaban J connectivity index is 2.28. The fourth-order valence-electron chi connectivity index (χ4n) is 1.86. The third kappa shape index (κ3) is 2.40. The first-order valence-electron chi connectivity index (χ1n) is 5.01. The van der Waals surface area contributed by atoms with Gasteiger partial charge in [0, 0.05) is 18.9 Å². The van der Waals surface area contributed by atoms with Crippen molar-refractivity contribution in [3.63, 3.8) is 0 Å². The summed E-state index contributed by atoms with van der Waals surface area (Å²) in [5.41, 5.74) is -0.868. The maximum Gasteiger partial charge on any atom is 0.419 e. The number of hydrogen-bond donors (Lipinski definition) is 1. The van der Waals surface area contributed by atoms with Gasteiger partial charge in [0.15, 0.2) is 0 Å². The van der Waals surface area contributed by atoms with Crippen molar-refractivity contribution in [3.05, 3.63) is 35.1 Å². The third-order valence-corrected chi connectivity index (χ3v) is 2.75. The van der Waals surface area contributed by atoms with Gasteiger partial charge in [-0.2, -0.15) is 13.2 Å². The van der Waals surface area contributed by atoms with Gasteiger partial charge < -0.3 is 5.32 Å². The minimum absolute atomic E-state index is 0.171. The highest BCUT2D eigenvalue weighted by Crippen LogP contribution is 2.33. The molecule has 0 radical (unpaired) electrons. The van der Waals surface area contributed by atoms with Gasteiger partial charge in [0.25, 0.3) is 0 Å². The van der Waals surface area contributed by atoms with E-state index in [0.717, 1.165) is 6.07 Å². The molecule has 1 unspecified atom stereocenters. The number of amides is 1. The van der Waals surface area contributed by atoms with Gasteiger partial charge in [-0.15, -0.1) is 0 Å². The Hall–Kier alpha value is -1.59. The van der Waals surface area contributed by atoms with Gasteiger partial charge in [0.05, 0.1) is 5.56 Å². The molecule has 1 amide bonds. The van der Waals surface area contributed by atoms with Gasteiger partial charge in [-0.1, -0.05) is 6.07 Å². The lowest BCUT2D eigenvalue weighted by Gasteiger charge is -2.12. The number of benzene rings is 1. The van der Waals surface area contributed by atoms with E-state index in [4.69, 9.17) is 0 Å². The van der Waals surface area contributed by atoms with E-state index < -0.39 is 17.6 Å². The Labute approximate surface area is 94.6 Å². The van der Waals surface area contributed by atoms with Crippen LogP contribution in [-0.4, -0.2) is 12.5 Å². The predicted molar refractivity (Wildman–Crippen MR) is 51.8 cm³/mol. The number of nitrogens with one attached hydrogen (secondary N) is 1. The Morgan fingerprint density at radius 1 is 1.29 bits per heavy atom. The maximum atomic E-state index is 13.3. The first-order valence-corrected chi connectivity index (χ1v) is 5.01. The third-order valence-electron chi connectivity index (χ3n) is 2.75. The molecule has 0 aliphatic carbocycles. The van der Waals surface area contributed by atoms with Crippen LogP contribution in [0.5, 0.6) is 0 Å². The summed E-state index contributed by atoms with van der Waals surface area (Å²) in [6.07, 6.45) is -4.50. The van der Waals surface area contributed by atoms with E-state index in [0.29, 0.717) is 18.2 Å². The van der Waals surface area contributed by atoms with Crippen molar-refractivity contribution in [3.8, 4) is 0 Å². The predicted octanol–water partition coefficient (Wildman–Crippen LogP) is 2.45. The number of hydrogen-bond acceptors (Lipinski definition) is 1. The van der Waals surface area contributed by atoms with Crippen molar-refractivity contribution < 1.29 is 22.4 Å². The standard InChI is InChI=1S/C11H9F4NO/c12-9-3-6(7-4-10(17)16-5-7)1-2-8(9)11(13,14)15/h1-3,7H,4-5H2,(H,16,17). The summed E-state index contributed by atoms with van der Waals surface area (Å²) in [6, 6.07) is 2.79. The molecule has 1 saturated heterocycles. The highest BCUT2D eigenvalue weighted by molar-refractivity contribution is 5.79.